The molecule has 0 saturated carbocycles. The molecule has 1 fully saturated rings. The maximum atomic E-state index is 15.4. The molecule has 3 aromatic rings. The molecule has 0 bridgehead atoms. The summed E-state index contributed by atoms with van der Waals surface area (Å²) >= 11 is 0. The monoisotopic (exact) mass is 525 g/mol. The summed E-state index contributed by atoms with van der Waals surface area (Å²) in [5, 5.41) is 12.2. The number of aromatic nitrogens is 2. The molecule has 0 aliphatic carbocycles. The van der Waals surface area contributed by atoms with E-state index in [-0.39, 0.29) is 5.82 Å². The fraction of sp³-hybridized carbons (Fsp3) is 0.333. The lowest BCUT2D eigenvalue weighted by Crippen LogP contribution is -2.68. The number of hydrogen-bond donors (Lipinski definition) is 2. The van der Waals surface area contributed by atoms with Crippen LogP contribution in [-0.4, -0.2) is 47.2 Å². The van der Waals surface area contributed by atoms with Gasteiger partial charge in [0.1, 0.15) is 5.82 Å². The molecule has 3 atom stereocenters. The van der Waals surface area contributed by atoms with Crippen molar-refractivity contribution in [3.8, 4) is 12.3 Å². The zero-order chi connectivity index (χ0) is 27.1. The molecular formula is C27H29F2N3O4Si. The van der Waals surface area contributed by atoms with Crippen molar-refractivity contribution in [2.75, 3.05) is 12.3 Å². The van der Waals surface area contributed by atoms with Crippen LogP contribution in [-0.2, 0) is 9.16 Å². The van der Waals surface area contributed by atoms with E-state index in [9.17, 15) is 9.90 Å². The molecule has 0 unspecified atom stereocenters. The van der Waals surface area contributed by atoms with Crippen molar-refractivity contribution in [3.63, 3.8) is 0 Å². The Morgan fingerprint density at radius 2 is 1.68 bits per heavy atom. The zero-order valence-corrected chi connectivity index (χ0v) is 21.8. The smallest absolute Gasteiger partial charge is 0.351 e. The summed E-state index contributed by atoms with van der Waals surface area (Å²) in [4.78, 5) is 15.8. The number of benzene rings is 2. The normalized spacial score (nSPS) is 23.5. The molecule has 1 aromatic heterocycles. The summed E-state index contributed by atoms with van der Waals surface area (Å²) in [5.41, 5.74) is 2.19. The van der Waals surface area contributed by atoms with Crippen molar-refractivity contribution >= 4 is 24.5 Å². The highest BCUT2D eigenvalue weighted by atomic mass is 28.4. The van der Waals surface area contributed by atoms with Crippen molar-refractivity contribution < 1.29 is 23.1 Å². The molecule has 1 aliphatic heterocycles. The minimum Gasteiger partial charge on any atom is -0.403 e. The van der Waals surface area contributed by atoms with Gasteiger partial charge in [-0.15, -0.1) is 6.42 Å². The maximum absolute atomic E-state index is 15.4. The summed E-state index contributed by atoms with van der Waals surface area (Å²) in [5.74, 6) is -1.84. The summed E-state index contributed by atoms with van der Waals surface area (Å²) in [7, 11) is -3.20. The van der Waals surface area contributed by atoms with Gasteiger partial charge in [0, 0.05) is 6.20 Å². The molecule has 2 aromatic carbocycles. The Morgan fingerprint density at radius 1 is 1.14 bits per heavy atom. The number of terminal acetylenes is 1. The van der Waals surface area contributed by atoms with Crippen molar-refractivity contribution in [1.82, 2.24) is 9.55 Å². The summed E-state index contributed by atoms with van der Waals surface area (Å²) < 4.78 is 43.8. The van der Waals surface area contributed by atoms with E-state index in [1.807, 2.05) is 81.4 Å². The van der Waals surface area contributed by atoms with Crippen molar-refractivity contribution in [1.29, 1.82) is 0 Å². The topological polar surface area (TPSA) is 99.6 Å². The van der Waals surface area contributed by atoms with Gasteiger partial charge in [-0.3, -0.25) is 4.57 Å². The van der Waals surface area contributed by atoms with Gasteiger partial charge in [-0.1, -0.05) is 87.4 Å². The van der Waals surface area contributed by atoms with E-state index in [0.717, 1.165) is 16.6 Å². The molecule has 7 nitrogen and oxygen atoms in total. The Balaban J connectivity index is 1.81. The van der Waals surface area contributed by atoms with Gasteiger partial charge in [-0.25, -0.2) is 4.79 Å². The van der Waals surface area contributed by atoms with Gasteiger partial charge in [0.05, 0.1) is 6.61 Å². The van der Waals surface area contributed by atoms with E-state index >= 15 is 8.78 Å². The second-order valence-electron chi connectivity index (χ2n) is 10.1. The minimum atomic E-state index is -3.93. The van der Waals surface area contributed by atoms with Gasteiger partial charge >= 0.3 is 11.6 Å². The van der Waals surface area contributed by atoms with Gasteiger partial charge < -0.3 is 20.0 Å². The first-order chi connectivity index (χ1) is 17.4. The van der Waals surface area contributed by atoms with Gasteiger partial charge in [-0.2, -0.15) is 13.8 Å². The van der Waals surface area contributed by atoms with E-state index in [2.05, 4.69) is 10.9 Å². The predicted octanol–water partition coefficient (Wildman–Crippen LogP) is 2.30. The Bertz CT molecular complexity index is 1320. The van der Waals surface area contributed by atoms with Crippen molar-refractivity contribution in [2.45, 2.75) is 49.7 Å². The Hall–Kier alpha value is -3.36. The third-order valence-corrected chi connectivity index (χ3v) is 11.7. The highest BCUT2D eigenvalue weighted by Crippen LogP contribution is 2.48. The fourth-order valence-corrected chi connectivity index (χ4v) is 9.47. The van der Waals surface area contributed by atoms with Crippen LogP contribution in [0.25, 0.3) is 0 Å². The van der Waals surface area contributed by atoms with E-state index in [0.29, 0.717) is 4.57 Å². The van der Waals surface area contributed by atoms with Crippen LogP contribution in [0.1, 0.15) is 27.0 Å². The number of aliphatic hydroxyl groups is 1. The van der Waals surface area contributed by atoms with Gasteiger partial charge in [-0.05, 0) is 21.5 Å². The molecular weight excluding hydrogens is 496 g/mol. The van der Waals surface area contributed by atoms with Crippen molar-refractivity contribution in [2.24, 2.45) is 0 Å². The number of aliphatic hydroxyl groups excluding tert-OH is 1. The number of ether oxygens (including phenoxy) is 1. The zero-order valence-electron chi connectivity index (χ0n) is 20.8. The van der Waals surface area contributed by atoms with E-state index < -0.39 is 49.5 Å². The Morgan fingerprint density at radius 3 is 2.14 bits per heavy atom. The molecule has 2 heterocycles. The number of rotatable bonds is 6. The summed E-state index contributed by atoms with van der Waals surface area (Å²) in [6.45, 7) is 5.52. The number of nitrogens with zero attached hydrogens (tertiary/aromatic N) is 2. The van der Waals surface area contributed by atoms with Gasteiger partial charge in [0.15, 0.2) is 11.7 Å². The lowest BCUT2D eigenvalue weighted by atomic mass is 9.96. The van der Waals surface area contributed by atoms with Gasteiger partial charge in [0.25, 0.3) is 8.32 Å². The van der Waals surface area contributed by atoms with Crippen LogP contribution in [0.2, 0.25) is 5.04 Å². The molecule has 0 amide bonds. The maximum Gasteiger partial charge on any atom is 0.351 e. The van der Waals surface area contributed by atoms with E-state index in [1.54, 1.807) is 0 Å². The molecule has 194 valence electrons. The average molecular weight is 526 g/mol. The summed E-state index contributed by atoms with van der Waals surface area (Å²) in [6.07, 6.45) is 2.11. The SMILES string of the molecule is C#C[C@]1(CO[Si](c2ccccc2)(c2ccccc2)C(C)(C)C)O[C@@H](n2ccc(N)nc2=O)C(F)(F)[C@@H]1O. The second-order valence-corrected chi connectivity index (χ2v) is 14.4. The van der Waals surface area contributed by atoms with E-state index in [1.165, 1.54) is 6.07 Å². The van der Waals surface area contributed by atoms with Crippen molar-refractivity contribution in [3.05, 3.63) is 83.4 Å². The van der Waals surface area contributed by atoms with Crippen LogP contribution in [0, 0.1) is 12.3 Å². The highest BCUT2D eigenvalue weighted by molar-refractivity contribution is 6.99. The van der Waals surface area contributed by atoms with Crippen LogP contribution in [0.4, 0.5) is 14.6 Å². The minimum absolute atomic E-state index is 0.138. The third-order valence-electron chi connectivity index (χ3n) is 6.73. The average Bonchev–Trinajstić information content (AvgIpc) is 3.06. The van der Waals surface area contributed by atoms with Crippen LogP contribution in [0.3, 0.4) is 0 Å². The number of halogens is 2. The fourth-order valence-electron chi connectivity index (χ4n) is 4.88. The van der Waals surface area contributed by atoms with Crippen LogP contribution in [0.15, 0.2) is 77.7 Å². The first-order valence-corrected chi connectivity index (χ1v) is 13.6. The second kappa shape index (κ2) is 9.50. The summed E-state index contributed by atoms with van der Waals surface area (Å²) in [6, 6.07) is 20.3. The number of nitrogens with two attached hydrogens (primary N) is 1. The number of hydrogen-bond acceptors (Lipinski definition) is 6. The number of anilines is 1. The largest absolute Gasteiger partial charge is 0.403 e. The Kier molecular flexibility index (Phi) is 6.85. The molecule has 3 N–H and O–H groups in total. The molecule has 1 saturated heterocycles. The molecule has 10 heteroatoms. The van der Waals surface area contributed by atoms with Crippen LogP contribution < -0.4 is 21.8 Å². The predicted molar refractivity (Wildman–Crippen MR) is 139 cm³/mol. The number of alkyl halides is 2. The lowest BCUT2D eigenvalue weighted by Gasteiger charge is -2.44. The quantitative estimate of drug-likeness (QED) is 0.379. The first kappa shape index (κ1) is 26.7. The molecule has 1 aliphatic rings. The van der Waals surface area contributed by atoms with Gasteiger partial charge in [0.2, 0.25) is 6.23 Å². The lowest BCUT2D eigenvalue weighted by molar-refractivity contribution is -0.141. The molecule has 0 spiro atoms. The Labute approximate surface area is 215 Å². The van der Waals surface area contributed by atoms with Crippen LogP contribution >= 0.6 is 0 Å². The highest BCUT2D eigenvalue weighted by Gasteiger charge is 2.67. The molecule has 37 heavy (non-hydrogen) atoms. The van der Waals surface area contributed by atoms with E-state index in [4.69, 9.17) is 21.3 Å². The standard InChI is InChI=1S/C27H29F2N3O4Si/c1-5-26(22(33)27(28,29)23(36-26)32-17-16-21(30)31-24(32)34)18-35-37(25(2,3)4,19-12-8-6-9-13-19)20-14-10-7-11-15-20/h1,6-17,22-23,33H,18H2,2-4H3,(H2,30,31,34)/t22-,23-,26-/m1/s1. The number of nitrogen functional groups attached to an aromatic ring is 1. The third kappa shape index (κ3) is 4.38. The first-order valence-electron chi connectivity index (χ1n) is 11.7. The van der Waals surface area contributed by atoms with Crippen LogP contribution in [0.5, 0.6) is 0 Å². The molecule has 4 rings (SSSR count). The molecule has 0 radical (unpaired) electrons.